The van der Waals surface area contributed by atoms with E-state index in [-0.39, 0.29) is 5.97 Å². The fourth-order valence-electron chi connectivity index (χ4n) is 2.54. The van der Waals surface area contributed by atoms with Crippen LogP contribution in [0.25, 0.3) is 0 Å². The first-order chi connectivity index (χ1) is 7.79. The van der Waals surface area contributed by atoms with Crippen LogP contribution in [0.15, 0.2) is 12.3 Å². The van der Waals surface area contributed by atoms with Crippen LogP contribution in [-0.2, 0) is 9.53 Å². The Labute approximate surface area is 96.8 Å². The summed E-state index contributed by atoms with van der Waals surface area (Å²) >= 11 is 0. The zero-order valence-corrected chi connectivity index (χ0v) is 9.89. The molecule has 0 N–H and O–H groups in total. The normalized spacial score (nSPS) is 26.8. The Hall–Kier alpha value is -1.03. The van der Waals surface area contributed by atoms with Gasteiger partial charge in [-0.15, -0.1) is 0 Å². The Balaban J connectivity index is 1.78. The molecule has 0 spiro atoms. The van der Waals surface area contributed by atoms with Gasteiger partial charge in [-0.25, -0.2) is 4.79 Å². The molecule has 4 nitrogen and oxygen atoms in total. The van der Waals surface area contributed by atoms with E-state index in [0.29, 0.717) is 6.04 Å². The second-order valence-electron chi connectivity index (χ2n) is 4.52. The Bertz CT molecular complexity index is 272. The SMILES string of the molecule is COC(=O)C=CN1CCC(N2CCCC2)C1. The van der Waals surface area contributed by atoms with Gasteiger partial charge in [-0.3, -0.25) is 4.90 Å². The molecule has 90 valence electrons. The van der Waals surface area contributed by atoms with Gasteiger partial charge in [-0.05, 0) is 32.4 Å². The van der Waals surface area contributed by atoms with Crippen LogP contribution in [-0.4, -0.2) is 55.1 Å². The molecule has 0 aromatic rings. The summed E-state index contributed by atoms with van der Waals surface area (Å²) in [6.07, 6.45) is 7.27. The molecule has 0 radical (unpaired) electrons. The van der Waals surface area contributed by atoms with Crippen LogP contribution >= 0.6 is 0 Å². The zero-order valence-electron chi connectivity index (χ0n) is 9.89. The van der Waals surface area contributed by atoms with Crippen molar-refractivity contribution in [3.05, 3.63) is 12.3 Å². The third-order valence-electron chi connectivity index (χ3n) is 3.47. The predicted octanol–water partition coefficient (Wildman–Crippen LogP) is 0.843. The summed E-state index contributed by atoms with van der Waals surface area (Å²) in [4.78, 5) is 15.7. The Morgan fingerprint density at radius 1 is 1.31 bits per heavy atom. The quantitative estimate of drug-likeness (QED) is 0.525. The summed E-state index contributed by atoms with van der Waals surface area (Å²) in [6.45, 7) is 4.60. The summed E-state index contributed by atoms with van der Waals surface area (Å²) in [5.74, 6) is -0.273. The number of hydrogen-bond donors (Lipinski definition) is 0. The molecular formula is C12H20N2O2. The minimum Gasteiger partial charge on any atom is -0.466 e. The van der Waals surface area contributed by atoms with Gasteiger partial charge >= 0.3 is 5.97 Å². The first kappa shape index (κ1) is 11.5. The molecule has 2 aliphatic rings. The van der Waals surface area contributed by atoms with Crippen LogP contribution in [0.5, 0.6) is 0 Å². The highest BCUT2D eigenvalue weighted by molar-refractivity contribution is 5.81. The molecule has 4 heteroatoms. The molecular weight excluding hydrogens is 204 g/mol. The largest absolute Gasteiger partial charge is 0.466 e. The minimum atomic E-state index is -0.273. The number of esters is 1. The van der Waals surface area contributed by atoms with Gasteiger partial charge in [-0.2, -0.15) is 0 Å². The van der Waals surface area contributed by atoms with Gasteiger partial charge in [0.25, 0.3) is 0 Å². The van der Waals surface area contributed by atoms with Gasteiger partial charge in [0.2, 0.25) is 0 Å². The highest BCUT2D eigenvalue weighted by atomic mass is 16.5. The molecule has 1 atom stereocenters. The van der Waals surface area contributed by atoms with Crippen molar-refractivity contribution in [1.29, 1.82) is 0 Å². The van der Waals surface area contributed by atoms with E-state index in [1.54, 1.807) is 0 Å². The molecule has 0 amide bonds. The fourth-order valence-corrected chi connectivity index (χ4v) is 2.54. The zero-order chi connectivity index (χ0) is 11.4. The molecule has 1 unspecified atom stereocenters. The summed E-state index contributed by atoms with van der Waals surface area (Å²) in [6, 6.07) is 0.685. The van der Waals surface area contributed by atoms with E-state index in [2.05, 4.69) is 14.5 Å². The van der Waals surface area contributed by atoms with Gasteiger partial charge in [0.15, 0.2) is 0 Å². The first-order valence-corrected chi connectivity index (χ1v) is 6.04. The predicted molar refractivity (Wildman–Crippen MR) is 61.9 cm³/mol. The van der Waals surface area contributed by atoms with Gasteiger partial charge in [0, 0.05) is 31.4 Å². The van der Waals surface area contributed by atoms with E-state index >= 15 is 0 Å². The maximum atomic E-state index is 11.0. The number of hydrogen-bond acceptors (Lipinski definition) is 4. The van der Waals surface area contributed by atoms with Crippen LogP contribution in [0, 0.1) is 0 Å². The second kappa shape index (κ2) is 5.34. The minimum absolute atomic E-state index is 0.273. The number of methoxy groups -OCH3 is 1. The average molecular weight is 224 g/mol. The van der Waals surface area contributed by atoms with Crippen LogP contribution < -0.4 is 0 Å². The maximum Gasteiger partial charge on any atom is 0.331 e. The van der Waals surface area contributed by atoms with E-state index in [1.165, 1.54) is 45.5 Å². The summed E-state index contributed by atoms with van der Waals surface area (Å²) in [5.41, 5.74) is 0. The van der Waals surface area contributed by atoms with E-state index in [1.807, 2.05) is 6.20 Å². The van der Waals surface area contributed by atoms with Gasteiger partial charge < -0.3 is 9.64 Å². The number of carbonyl (C=O) groups excluding carboxylic acids is 1. The van der Waals surface area contributed by atoms with E-state index in [4.69, 9.17) is 0 Å². The van der Waals surface area contributed by atoms with Crippen LogP contribution in [0.1, 0.15) is 19.3 Å². The third-order valence-corrected chi connectivity index (χ3v) is 3.47. The average Bonchev–Trinajstić information content (AvgIpc) is 2.95. The Kier molecular flexibility index (Phi) is 3.83. The van der Waals surface area contributed by atoms with E-state index in [9.17, 15) is 4.79 Å². The maximum absolute atomic E-state index is 11.0. The second-order valence-corrected chi connectivity index (χ2v) is 4.52. The smallest absolute Gasteiger partial charge is 0.331 e. The molecule has 0 aliphatic carbocycles. The number of ether oxygens (including phenoxy) is 1. The molecule has 2 rings (SSSR count). The van der Waals surface area contributed by atoms with Crippen LogP contribution in [0.4, 0.5) is 0 Å². The van der Waals surface area contributed by atoms with Crippen molar-refractivity contribution in [2.45, 2.75) is 25.3 Å². The van der Waals surface area contributed by atoms with Crippen molar-refractivity contribution in [3.8, 4) is 0 Å². The highest BCUT2D eigenvalue weighted by Crippen LogP contribution is 2.20. The molecule has 2 fully saturated rings. The number of nitrogens with zero attached hydrogens (tertiary/aromatic N) is 2. The van der Waals surface area contributed by atoms with Crippen molar-refractivity contribution >= 4 is 5.97 Å². The van der Waals surface area contributed by atoms with E-state index < -0.39 is 0 Å². The molecule has 0 aromatic carbocycles. The molecule has 2 aliphatic heterocycles. The molecule has 0 bridgehead atoms. The topological polar surface area (TPSA) is 32.8 Å². The monoisotopic (exact) mass is 224 g/mol. The van der Waals surface area contributed by atoms with Gasteiger partial charge in [0.1, 0.15) is 0 Å². The van der Waals surface area contributed by atoms with E-state index in [0.717, 1.165) is 13.1 Å². The fraction of sp³-hybridized carbons (Fsp3) is 0.750. The van der Waals surface area contributed by atoms with Gasteiger partial charge in [0.05, 0.1) is 7.11 Å². The third kappa shape index (κ3) is 2.76. The lowest BCUT2D eigenvalue weighted by atomic mass is 10.2. The summed E-state index contributed by atoms with van der Waals surface area (Å²) in [5, 5.41) is 0. The lowest BCUT2D eigenvalue weighted by molar-refractivity contribution is -0.134. The van der Waals surface area contributed by atoms with Crippen molar-refractivity contribution < 1.29 is 9.53 Å². The number of carbonyl (C=O) groups is 1. The lowest BCUT2D eigenvalue weighted by Crippen LogP contribution is -2.34. The molecule has 2 heterocycles. The first-order valence-electron chi connectivity index (χ1n) is 6.04. The van der Waals surface area contributed by atoms with Crippen molar-refractivity contribution in [2.24, 2.45) is 0 Å². The molecule has 0 saturated carbocycles. The van der Waals surface area contributed by atoms with Crippen molar-refractivity contribution in [2.75, 3.05) is 33.3 Å². The number of rotatable bonds is 3. The van der Waals surface area contributed by atoms with Crippen molar-refractivity contribution in [3.63, 3.8) is 0 Å². The molecule has 16 heavy (non-hydrogen) atoms. The lowest BCUT2D eigenvalue weighted by Gasteiger charge is -2.22. The molecule has 0 aromatic heterocycles. The molecule has 2 saturated heterocycles. The Morgan fingerprint density at radius 3 is 2.75 bits per heavy atom. The van der Waals surface area contributed by atoms with Gasteiger partial charge in [-0.1, -0.05) is 0 Å². The Morgan fingerprint density at radius 2 is 2.06 bits per heavy atom. The summed E-state index contributed by atoms with van der Waals surface area (Å²) in [7, 11) is 1.41. The standard InChI is InChI=1S/C12H20N2O2/c1-16-12(15)5-9-13-8-4-11(10-13)14-6-2-3-7-14/h5,9,11H,2-4,6-8,10H2,1H3. The van der Waals surface area contributed by atoms with Crippen molar-refractivity contribution in [1.82, 2.24) is 9.80 Å². The van der Waals surface area contributed by atoms with Crippen LogP contribution in [0.2, 0.25) is 0 Å². The number of likely N-dealkylation sites (tertiary alicyclic amines) is 2. The summed E-state index contributed by atoms with van der Waals surface area (Å²) < 4.78 is 4.57. The van der Waals surface area contributed by atoms with Crippen LogP contribution in [0.3, 0.4) is 0 Å². The highest BCUT2D eigenvalue weighted by Gasteiger charge is 2.27.